The molecular weight excluding hydrogens is 402 g/mol. The largest absolute Gasteiger partial charge is 0.467 e. The zero-order valence-corrected chi connectivity index (χ0v) is 19.5. The molecule has 0 bridgehead atoms. The number of esters is 1. The van der Waals surface area contributed by atoms with Gasteiger partial charge in [-0.2, -0.15) is 10.1 Å². The zero-order valence-electron chi connectivity index (χ0n) is 19.5. The summed E-state index contributed by atoms with van der Waals surface area (Å²) in [5.41, 5.74) is 2.44. The number of benzene rings is 1. The van der Waals surface area contributed by atoms with Gasteiger partial charge in [-0.25, -0.2) is 9.59 Å². The lowest BCUT2D eigenvalue weighted by Gasteiger charge is -2.44. The molecule has 1 fully saturated rings. The van der Waals surface area contributed by atoms with Gasteiger partial charge in [0.25, 0.3) is 5.91 Å². The number of aryl methyl sites for hydroxylation is 3. The Hall–Kier alpha value is -2.65. The summed E-state index contributed by atoms with van der Waals surface area (Å²) >= 11 is 0. The van der Waals surface area contributed by atoms with Gasteiger partial charge in [-0.15, -0.1) is 0 Å². The second kappa shape index (κ2) is 10.1. The Morgan fingerprint density at radius 2 is 1.58 bits per heavy atom. The first-order valence-electron chi connectivity index (χ1n) is 10.2. The van der Waals surface area contributed by atoms with Crippen molar-refractivity contribution in [3.63, 3.8) is 0 Å². The summed E-state index contributed by atoms with van der Waals surface area (Å²) in [4.78, 5) is 50.8. The Labute approximate surface area is 183 Å². The number of piperidine rings is 1. The van der Waals surface area contributed by atoms with E-state index in [2.05, 4.69) is 0 Å². The van der Waals surface area contributed by atoms with Crippen molar-refractivity contribution in [3.05, 3.63) is 34.4 Å². The summed E-state index contributed by atoms with van der Waals surface area (Å²) < 4.78 is 5.05. The van der Waals surface area contributed by atoms with E-state index in [-0.39, 0.29) is 19.3 Å². The summed E-state index contributed by atoms with van der Waals surface area (Å²) in [6, 6.07) is 4.00. The van der Waals surface area contributed by atoms with Gasteiger partial charge in [0.2, 0.25) is 0 Å². The van der Waals surface area contributed by atoms with Crippen LogP contribution in [0.1, 0.15) is 35.1 Å². The number of hydroxylamine groups is 4. The molecule has 0 aliphatic carbocycles. The van der Waals surface area contributed by atoms with Gasteiger partial charge in [0.05, 0.1) is 20.6 Å². The predicted octanol–water partition coefficient (Wildman–Crippen LogP) is 2.17. The first-order chi connectivity index (χ1) is 14.5. The van der Waals surface area contributed by atoms with E-state index < -0.39 is 23.5 Å². The fraction of sp³-hybridized carbons (Fsp3) is 0.591. The number of hydrogen-bond acceptors (Lipinski definition) is 7. The topological polar surface area (TPSA) is 88.6 Å². The molecule has 31 heavy (non-hydrogen) atoms. The van der Waals surface area contributed by atoms with Crippen molar-refractivity contribution >= 4 is 18.0 Å². The normalized spacial score (nSPS) is 15.8. The van der Waals surface area contributed by atoms with Gasteiger partial charge in [-0.05, 0) is 37.5 Å². The van der Waals surface area contributed by atoms with Gasteiger partial charge in [-0.1, -0.05) is 17.7 Å². The molecule has 9 nitrogen and oxygen atoms in total. The van der Waals surface area contributed by atoms with Crippen LogP contribution in [0.3, 0.4) is 0 Å². The Morgan fingerprint density at radius 1 is 1.03 bits per heavy atom. The zero-order chi connectivity index (χ0) is 23.3. The van der Waals surface area contributed by atoms with Crippen LogP contribution in [-0.4, -0.2) is 79.9 Å². The lowest BCUT2D eigenvalue weighted by atomic mass is 9.86. The van der Waals surface area contributed by atoms with E-state index in [0.29, 0.717) is 13.1 Å². The van der Waals surface area contributed by atoms with Crippen molar-refractivity contribution in [2.75, 3.05) is 41.4 Å². The summed E-state index contributed by atoms with van der Waals surface area (Å²) in [5.74, 6) is -1.11. The maximum absolute atomic E-state index is 13.5. The van der Waals surface area contributed by atoms with E-state index in [0.717, 1.165) is 27.3 Å². The molecule has 0 aromatic heterocycles. The Kier molecular flexibility index (Phi) is 8.02. The molecule has 0 saturated carbocycles. The average Bonchev–Trinajstić information content (AvgIpc) is 2.73. The highest BCUT2D eigenvalue weighted by molar-refractivity contribution is 5.89. The molecule has 0 atom stereocenters. The number of hydrogen-bond donors (Lipinski definition) is 0. The predicted molar refractivity (Wildman–Crippen MR) is 114 cm³/mol. The molecule has 2 amide bonds. The minimum atomic E-state index is -1.43. The van der Waals surface area contributed by atoms with Crippen LogP contribution in [0.4, 0.5) is 4.79 Å². The van der Waals surface area contributed by atoms with Crippen molar-refractivity contribution in [1.82, 2.24) is 15.0 Å². The van der Waals surface area contributed by atoms with Crippen molar-refractivity contribution in [1.29, 1.82) is 0 Å². The van der Waals surface area contributed by atoms with Crippen LogP contribution < -0.4 is 0 Å². The van der Waals surface area contributed by atoms with Crippen LogP contribution in [0, 0.1) is 20.8 Å². The quantitative estimate of drug-likeness (QED) is 0.517. The fourth-order valence-electron chi connectivity index (χ4n) is 3.97. The standard InChI is InChI=1S/C22H33N3O6/c1-15-12-16(2)18(17(3)13-15)14-19(26)25(31-21(28)23(4)5)22(20(27)29-6)8-10-24(30-7)11-9-22/h12-13H,8-11,14H2,1-7H3. The summed E-state index contributed by atoms with van der Waals surface area (Å²) in [5, 5.41) is 2.62. The van der Waals surface area contributed by atoms with E-state index in [9.17, 15) is 14.4 Å². The lowest BCUT2D eigenvalue weighted by molar-refractivity contribution is -0.229. The number of rotatable bonds is 5. The van der Waals surface area contributed by atoms with E-state index in [4.69, 9.17) is 14.4 Å². The summed E-state index contributed by atoms with van der Waals surface area (Å²) in [7, 11) is 5.83. The van der Waals surface area contributed by atoms with E-state index >= 15 is 0 Å². The Morgan fingerprint density at radius 3 is 2.03 bits per heavy atom. The van der Waals surface area contributed by atoms with Crippen LogP contribution in [0.25, 0.3) is 0 Å². The van der Waals surface area contributed by atoms with Gasteiger partial charge in [0.15, 0.2) is 5.54 Å². The van der Waals surface area contributed by atoms with Gasteiger partial charge >= 0.3 is 12.1 Å². The first kappa shape index (κ1) is 24.6. The molecule has 1 aliphatic heterocycles. The summed E-state index contributed by atoms with van der Waals surface area (Å²) in [6.45, 7) is 6.61. The molecule has 172 valence electrons. The molecule has 9 heteroatoms. The smallest absolute Gasteiger partial charge is 0.433 e. The molecule has 0 N–H and O–H groups in total. The Balaban J connectivity index is 2.46. The number of carbonyl (C=O) groups excluding carboxylic acids is 3. The number of nitrogens with zero attached hydrogens (tertiary/aromatic N) is 3. The van der Waals surface area contributed by atoms with E-state index in [1.165, 1.54) is 26.1 Å². The van der Waals surface area contributed by atoms with Crippen molar-refractivity contribution < 1.29 is 28.8 Å². The highest BCUT2D eigenvalue weighted by Gasteiger charge is 2.52. The number of amides is 2. The maximum atomic E-state index is 13.5. The third-order valence-electron chi connectivity index (χ3n) is 5.69. The molecule has 0 unspecified atom stereocenters. The van der Waals surface area contributed by atoms with Gasteiger partial charge in [0.1, 0.15) is 0 Å². The summed E-state index contributed by atoms with van der Waals surface area (Å²) in [6.07, 6.45) is -0.355. The lowest BCUT2D eigenvalue weighted by Crippen LogP contribution is -2.63. The Bertz CT molecular complexity index is 808. The fourth-order valence-corrected chi connectivity index (χ4v) is 3.97. The molecule has 1 saturated heterocycles. The van der Waals surface area contributed by atoms with Crippen molar-refractivity contribution in [2.45, 2.75) is 45.6 Å². The van der Waals surface area contributed by atoms with Crippen LogP contribution in [0.15, 0.2) is 12.1 Å². The first-order valence-corrected chi connectivity index (χ1v) is 10.2. The van der Waals surface area contributed by atoms with E-state index in [1.54, 1.807) is 12.2 Å². The van der Waals surface area contributed by atoms with Gasteiger partial charge < -0.3 is 19.3 Å². The molecular formula is C22H33N3O6. The minimum Gasteiger partial charge on any atom is -0.467 e. The van der Waals surface area contributed by atoms with Gasteiger partial charge in [0, 0.05) is 40.0 Å². The molecule has 2 rings (SSSR count). The SMILES string of the molecule is COC(=O)C1(N(OC(=O)N(C)C)C(=O)Cc2c(C)cc(C)cc2C)CCN(OC)CC1. The highest BCUT2D eigenvalue weighted by atomic mass is 16.7. The van der Waals surface area contributed by atoms with Crippen molar-refractivity contribution in [2.24, 2.45) is 0 Å². The number of ether oxygens (including phenoxy) is 1. The molecule has 0 radical (unpaired) electrons. The number of carbonyl (C=O) groups is 3. The molecule has 0 spiro atoms. The molecule has 1 aromatic rings. The molecule has 1 aromatic carbocycles. The highest BCUT2D eigenvalue weighted by Crippen LogP contribution is 2.32. The third kappa shape index (κ3) is 5.34. The van der Waals surface area contributed by atoms with Crippen molar-refractivity contribution in [3.8, 4) is 0 Å². The third-order valence-corrected chi connectivity index (χ3v) is 5.69. The van der Waals surface area contributed by atoms with Crippen LogP contribution in [0.2, 0.25) is 0 Å². The van der Waals surface area contributed by atoms with Gasteiger partial charge in [-0.3, -0.25) is 4.79 Å². The van der Waals surface area contributed by atoms with Crippen LogP contribution in [0.5, 0.6) is 0 Å². The monoisotopic (exact) mass is 435 g/mol. The van der Waals surface area contributed by atoms with Crippen LogP contribution >= 0.6 is 0 Å². The minimum absolute atomic E-state index is 0.00854. The second-order valence-electron chi connectivity index (χ2n) is 8.13. The van der Waals surface area contributed by atoms with E-state index in [1.807, 2.05) is 32.9 Å². The number of methoxy groups -OCH3 is 1. The second-order valence-corrected chi connectivity index (χ2v) is 8.13. The average molecular weight is 436 g/mol. The maximum Gasteiger partial charge on any atom is 0.433 e. The molecule has 1 aliphatic rings. The van der Waals surface area contributed by atoms with Crippen LogP contribution in [-0.2, 0) is 30.4 Å². The molecule has 1 heterocycles.